The van der Waals surface area contributed by atoms with E-state index in [1.165, 1.54) is 23.3 Å². The second kappa shape index (κ2) is 6.38. The Kier molecular flexibility index (Phi) is 4.05. The Morgan fingerprint density at radius 3 is 2.42 bits per heavy atom. The molecule has 0 aliphatic heterocycles. The molecule has 0 saturated carbocycles. The molecule has 1 aliphatic rings. The van der Waals surface area contributed by atoms with Crippen molar-refractivity contribution in [3.63, 3.8) is 0 Å². The topological polar surface area (TPSA) is 23.8 Å². The zero-order chi connectivity index (χ0) is 18.3. The minimum Gasteiger partial charge on any atom is -0.206 e. The predicted octanol–water partition coefficient (Wildman–Crippen LogP) is 6.03. The molecule has 0 fully saturated rings. The van der Waals surface area contributed by atoms with Crippen molar-refractivity contribution in [3.05, 3.63) is 82.4 Å². The van der Waals surface area contributed by atoms with Crippen LogP contribution in [0.25, 0.3) is 22.3 Å². The van der Waals surface area contributed by atoms with Gasteiger partial charge in [0.2, 0.25) is 0 Å². The largest absolute Gasteiger partial charge is 0.206 e. The van der Waals surface area contributed by atoms with Crippen molar-refractivity contribution >= 4 is 0 Å². The molecule has 128 valence electrons. The van der Waals surface area contributed by atoms with Crippen LogP contribution in [0.15, 0.2) is 48.5 Å². The normalized spacial score (nSPS) is 11.8. The molecule has 0 saturated heterocycles. The molecule has 3 heteroatoms. The number of aryl methyl sites for hydroxylation is 1. The van der Waals surface area contributed by atoms with Gasteiger partial charge in [0.1, 0.15) is 17.7 Å². The molecule has 0 atom stereocenters. The number of halogens is 2. The third kappa shape index (κ3) is 2.68. The molecule has 1 aliphatic carbocycles. The summed E-state index contributed by atoms with van der Waals surface area (Å²) < 4.78 is 28.7. The lowest BCUT2D eigenvalue weighted by Crippen LogP contribution is -1.91. The first kappa shape index (κ1) is 16.5. The molecule has 3 aromatic carbocycles. The van der Waals surface area contributed by atoms with Gasteiger partial charge in [0.15, 0.2) is 0 Å². The third-order valence-corrected chi connectivity index (χ3v) is 4.97. The molecule has 26 heavy (non-hydrogen) atoms. The van der Waals surface area contributed by atoms with Crippen molar-refractivity contribution in [1.82, 2.24) is 0 Å². The lowest BCUT2D eigenvalue weighted by Gasteiger charge is -2.09. The molecule has 0 bridgehead atoms. The van der Waals surface area contributed by atoms with E-state index >= 15 is 0 Å². The van der Waals surface area contributed by atoms with Gasteiger partial charge in [0, 0.05) is 5.56 Å². The number of hydrogen-bond acceptors (Lipinski definition) is 1. The van der Waals surface area contributed by atoms with Crippen LogP contribution < -0.4 is 0 Å². The maximum Gasteiger partial charge on any atom is 0.141 e. The van der Waals surface area contributed by atoms with E-state index in [9.17, 15) is 8.78 Å². The summed E-state index contributed by atoms with van der Waals surface area (Å²) in [6.45, 7) is 2.15. The summed E-state index contributed by atoms with van der Waals surface area (Å²) in [6, 6.07) is 15.7. The Labute approximate surface area is 151 Å². The Morgan fingerprint density at radius 2 is 1.69 bits per heavy atom. The van der Waals surface area contributed by atoms with Gasteiger partial charge in [-0.15, -0.1) is 0 Å². The maximum atomic E-state index is 14.8. The van der Waals surface area contributed by atoms with Crippen LogP contribution in [0.1, 0.15) is 35.6 Å². The van der Waals surface area contributed by atoms with E-state index in [-0.39, 0.29) is 11.4 Å². The zero-order valence-electron chi connectivity index (χ0n) is 14.4. The van der Waals surface area contributed by atoms with E-state index in [4.69, 9.17) is 5.26 Å². The zero-order valence-corrected chi connectivity index (χ0v) is 14.4. The van der Waals surface area contributed by atoms with Gasteiger partial charge in [-0.3, -0.25) is 0 Å². The van der Waals surface area contributed by atoms with Crippen molar-refractivity contribution in [3.8, 4) is 28.3 Å². The fourth-order valence-electron chi connectivity index (χ4n) is 3.72. The highest BCUT2D eigenvalue weighted by molar-refractivity contribution is 5.81. The van der Waals surface area contributed by atoms with Gasteiger partial charge < -0.3 is 0 Å². The van der Waals surface area contributed by atoms with Gasteiger partial charge in [-0.05, 0) is 70.5 Å². The molecular weight excluding hydrogens is 328 g/mol. The molecular formula is C23H17F2N. The quantitative estimate of drug-likeness (QED) is 0.445. The maximum absolute atomic E-state index is 14.8. The fourth-order valence-corrected chi connectivity index (χ4v) is 3.72. The number of fused-ring (bicyclic) bond motifs is 3. The molecule has 0 N–H and O–H groups in total. The second-order valence-electron chi connectivity index (χ2n) is 6.71. The van der Waals surface area contributed by atoms with Gasteiger partial charge in [0.25, 0.3) is 0 Å². The standard InChI is InChI=1S/C23H17F2N/c1-2-3-14-4-7-19-17(8-14)9-18-10-21(23(25)12-20(18)19)15-5-6-16(13-26)22(24)11-15/h4-8,10-12H,2-3,9H2,1H3. The van der Waals surface area contributed by atoms with Crippen LogP contribution in [0.3, 0.4) is 0 Å². The van der Waals surface area contributed by atoms with E-state index in [0.29, 0.717) is 11.1 Å². The van der Waals surface area contributed by atoms with E-state index < -0.39 is 5.82 Å². The highest BCUT2D eigenvalue weighted by atomic mass is 19.1. The summed E-state index contributed by atoms with van der Waals surface area (Å²) >= 11 is 0. The molecule has 0 spiro atoms. The van der Waals surface area contributed by atoms with Crippen molar-refractivity contribution in [2.24, 2.45) is 0 Å². The fraction of sp³-hybridized carbons (Fsp3) is 0.174. The number of nitriles is 1. The van der Waals surface area contributed by atoms with Gasteiger partial charge >= 0.3 is 0 Å². The molecule has 1 nitrogen and oxygen atoms in total. The molecule has 0 aromatic heterocycles. The highest BCUT2D eigenvalue weighted by Crippen LogP contribution is 2.40. The second-order valence-corrected chi connectivity index (χ2v) is 6.71. The van der Waals surface area contributed by atoms with Crippen LogP contribution in [0, 0.1) is 23.0 Å². The predicted molar refractivity (Wildman–Crippen MR) is 98.7 cm³/mol. The van der Waals surface area contributed by atoms with E-state index in [1.54, 1.807) is 18.2 Å². The summed E-state index contributed by atoms with van der Waals surface area (Å²) in [4.78, 5) is 0. The monoisotopic (exact) mass is 345 g/mol. The van der Waals surface area contributed by atoms with Crippen LogP contribution >= 0.6 is 0 Å². The van der Waals surface area contributed by atoms with E-state index in [2.05, 4.69) is 25.1 Å². The summed E-state index contributed by atoms with van der Waals surface area (Å²) in [7, 11) is 0. The van der Waals surface area contributed by atoms with E-state index in [0.717, 1.165) is 36.0 Å². The van der Waals surface area contributed by atoms with Crippen LogP contribution in [-0.2, 0) is 12.8 Å². The number of benzene rings is 3. The summed E-state index contributed by atoms with van der Waals surface area (Å²) in [5.74, 6) is -1.00. The number of nitrogens with zero attached hydrogens (tertiary/aromatic N) is 1. The number of rotatable bonds is 3. The Morgan fingerprint density at radius 1 is 0.885 bits per heavy atom. The Bertz CT molecular complexity index is 1060. The molecule has 3 aromatic rings. The van der Waals surface area contributed by atoms with Gasteiger partial charge in [-0.2, -0.15) is 5.26 Å². The average molecular weight is 345 g/mol. The lowest BCUT2D eigenvalue weighted by molar-refractivity contribution is 0.622. The first-order valence-corrected chi connectivity index (χ1v) is 8.75. The van der Waals surface area contributed by atoms with Crippen molar-refractivity contribution in [1.29, 1.82) is 5.26 Å². The SMILES string of the molecule is CCCc1ccc2c(c1)Cc1cc(-c3ccc(C#N)c(F)c3)c(F)cc1-2. The first-order chi connectivity index (χ1) is 12.6. The molecule has 0 amide bonds. The first-order valence-electron chi connectivity index (χ1n) is 8.75. The summed E-state index contributed by atoms with van der Waals surface area (Å²) in [5, 5.41) is 8.86. The average Bonchev–Trinajstić information content (AvgIpc) is 2.98. The van der Waals surface area contributed by atoms with Crippen molar-refractivity contribution < 1.29 is 8.78 Å². The minimum atomic E-state index is -0.627. The van der Waals surface area contributed by atoms with Crippen LogP contribution in [0.5, 0.6) is 0 Å². The Hall–Kier alpha value is -2.99. The van der Waals surface area contributed by atoms with Crippen molar-refractivity contribution in [2.75, 3.05) is 0 Å². The molecule has 0 unspecified atom stereocenters. The summed E-state index contributed by atoms with van der Waals surface area (Å²) in [6.07, 6.45) is 2.89. The molecule has 0 heterocycles. The van der Waals surface area contributed by atoms with Gasteiger partial charge in [0.05, 0.1) is 5.56 Å². The highest BCUT2D eigenvalue weighted by Gasteiger charge is 2.22. The third-order valence-electron chi connectivity index (χ3n) is 4.97. The Balaban J connectivity index is 1.77. The van der Waals surface area contributed by atoms with Gasteiger partial charge in [-0.25, -0.2) is 8.78 Å². The lowest BCUT2D eigenvalue weighted by atomic mass is 9.97. The van der Waals surface area contributed by atoms with Crippen LogP contribution in [0.4, 0.5) is 8.78 Å². The molecule has 4 rings (SSSR count). The minimum absolute atomic E-state index is 0.0359. The van der Waals surface area contributed by atoms with Crippen LogP contribution in [0.2, 0.25) is 0 Å². The van der Waals surface area contributed by atoms with Crippen molar-refractivity contribution in [2.45, 2.75) is 26.2 Å². The number of hydrogen-bond donors (Lipinski definition) is 0. The smallest absolute Gasteiger partial charge is 0.141 e. The summed E-state index contributed by atoms with van der Waals surface area (Å²) in [5.41, 5.74) is 6.34. The molecule has 0 radical (unpaired) electrons. The van der Waals surface area contributed by atoms with Crippen LogP contribution in [-0.4, -0.2) is 0 Å². The van der Waals surface area contributed by atoms with E-state index in [1.807, 2.05) is 6.07 Å². The van der Waals surface area contributed by atoms with Gasteiger partial charge in [-0.1, -0.05) is 37.6 Å².